The van der Waals surface area contributed by atoms with Crippen molar-refractivity contribution in [2.45, 2.75) is 13.5 Å². The first-order valence-corrected chi connectivity index (χ1v) is 8.16. The van der Waals surface area contributed by atoms with Gasteiger partial charge in [-0.1, -0.05) is 29.8 Å². The highest BCUT2D eigenvalue weighted by molar-refractivity contribution is 5.60. The summed E-state index contributed by atoms with van der Waals surface area (Å²) in [5, 5.41) is 14.4. The number of nitrogens with one attached hydrogen (secondary N) is 2. The predicted molar refractivity (Wildman–Crippen MR) is 101 cm³/mol. The number of aromatic nitrogens is 3. The summed E-state index contributed by atoms with van der Waals surface area (Å²) in [6.07, 6.45) is 1.59. The fourth-order valence-corrected chi connectivity index (χ4v) is 2.50. The molecule has 0 bridgehead atoms. The van der Waals surface area contributed by atoms with Crippen molar-refractivity contribution in [3.8, 4) is 11.5 Å². The lowest BCUT2D eigenvalue weighted by Crippen LogP contribution is -2.06. The smallest absolute Gasteiger partial charge is 0.249 e. The zero-order valence-electron chi connectivity index (χ0n) is 15.0. The van der Waals surface area contributed by atoms with Crippen molar-refractivity contribution in [1.29, 1.82) is 0 Å². The van der Waals surface area contributed by atoms with Gasteiger partial charge in [-0.2, -0.15) is 10.1 Å². The van der Waals surface area contributed by atoms with E-state index in [9.17, 15) is 0 Å². The fourth-order valence-electron chi connectivity index (χ4n) is 2.50. The number of methoxy groups -OCH3 is 2. The quantitative estimate of drug-likeness (QED) is 0.673. The second-order valence-corrected chi connectivity index (χ2v) is 5.70. The van der Waals surface area contributed by atoms with Crippen LogP contribution in [-0.4, -0.2) is 29.4 Å². The molecule has 2 N–H and O–H groups in total. The van der Waals surface area contributed by atoms with Gasteiger partial charge in [0.05, 0.1) is 20.4 Å². The molecule has 134 valence electrons. The molecule has 0 fully saturated rings. The van der Waals surface area contributed by atoms with Crippen molar-refractivity contribution in [2.24, 2.45) is 0 Å². The molecule has 7 nitrogen and oxygen atoms in total. The van der Waals surface area contributed by atoms with E-state index < -0.39 is 0 Å². The van der Waals surface area contributed by atoms with Crippen LogP contribution in [0.1, 0.15) is 11.1 Å². The maximum atomic E-state index is 5.30. The first-order chi connectivity index (χ1) is 12.7. The summed E-state index contributed by atoms with van der Waals surface area (Å²) in [5.41, 5.74) is 3.18. The van der Waals surface area contributed by atoms with Gasteiger partial charge in [0.25, 0.3) is 0 Å². The van der Waals surface area contributed by atoms with E-state index in [2.05, 4.69) is 50.9 Å². The van der Waals surface area contributed by atoms with Crippen LogP contribution in [0.25, 0.3) is 0 Å². The largest absolute Gasteiger partial charge is 0.493 e. The van der Waals surface area contributed by atoms with E-state index in [0.717, 1.165) is 5.69 Å². The van der Waals surface area contributed by atoms with Crippen LogP contribution in [0.3, 0.4) is 0 Å². The Bertz CT molecular complexity index is 885. The predicted octanol–water partition coefficient (Wildman–Crippen LogP) is 3.55. The summed E-state index contributed by atoms with van der Waals surface area (Å²) < 4.78 is 10.5. The van der Waals surface area contributed by atoms with Crippen molar-refractivity contribution in [1.82, 2.24) is 15.2 Å². The van der Waals surface area contributed by atoms with Gasteiger partial charge < -0.3 is 20.1 Å². The summed E-state index contributed by atoms with van der Waals surface area (Å²) in [6.45, 7) is 2.73. The van der Waals surface area contributed by atoms with Crippen molar-refractivity contribution in [3.05, 3.63) is 59.8 Å². The van der Waals surface area contributed by atoms with E-state index >= 15 is 0 Å². The Morgan fingerprint density at radius 1 is 1.00 bits per heavy atom. The first kappa shape index (κ1) is 17.5. The van der Waals surface area contributed by atoms with Gasteiger partial charge in [0, 0.05) is 18.3 Å². The Kier molecular flexibility index (Phi) is 5.48. The van der Waals surface area contributed by atoms with E-state index in [-0.39, 0.29) is 0 Å². The van der Waals surface area contributed by atoms with Crippen molar-refractivity contribution >= 4 is 17.5 Å². The molecule has 0 unspecified atom stereocenters. The second-order valence-electron chi connectivity index (χ2n) is 5.70. The normalized spacial score (nSPS) is 10.3. The van der Waals surface area contributed by atoms with Gasteiger partial charge in [-0.25, -0.2) is 0 Å². The number of anilines is 3. The Morgan fingerprint density at radius 3 is 2.62 bits per heavy atom. The molecule has 1 heterocycles. The van der Waals surface area contributed by atoms with Gasteiger partial charge in [0.2, 0.25) is 5.95 Å². The molecule has 0 radical (unpaired) electrons. The first-order valence-electron chi connectivity index (χ1n) is 8.16. The van der Waals surface area contributed by atoms with Crippen LogP contribution in [-0.2, 0) is 6.54 Å². The van der Waals surface area contributed by atoms with E-state index in [0.29, 0.717) is 29.8 Å². The lowest BCUT2D eigenvalue weighted by molar-refractivity contribution is 0.355. The molecule has 26 heavy (non-hydrogen) atoms. The van der Waals surface area contributed by atoms with Crippen molar-refractivity contribution < 1.29 is 9.47 Å². The molecule has 0 atom stereocenters. The molecule has 0 aliphatic rings. The summed E-state index contributed by atoms with van der Waals surface area (Å²) in [4.78, 5) is 4.44. The third kappa shape index (κ3) is 4.38. The summed E-state index contributed by atoms with van der Waals surface area (Å²) in [7, 11) is 3.19. The monoisotopic (exact) mass is 351 g/mol. The van der Waals surface area contributed by atoms with Gasteiger partial charge in [-0.05, 0) is 24.6 Å². The minimum Gasteiger partial charge on any atom is -0.493 e. The van der Waals surface area contributed by atoms with Crippen molar-refractivity contribution in [3.63, 3.8) is 0 Å². The molecule has 3 aromatic rings. The SMILES string of the molecule is COc1ccc(Nc2nncc(NCc3cccc(C)c3)n2)cc1OC. The Labute approximate surface area is 152 Å². The van der Waals surface area contributed by atoms with Crippen LogP contribution >= 0.6 is 0 Å². The number of ether oxygens (including phenoxy) is 2. The van der Waals surface area contributed by atoms with Crippen LogP contribution in [0.2, 0.25) is 0 Å². The number of nitrogens with zero attached hydrogens (tertiary/aromatic N) is 3. The molecule has 0 saturated carbocycles. The number of hydrogen-bond acceptors (Lipinski definition) is 7. The topological polar surface area (TPSA) is 81.2 Å². The zero-order valence-corrected chi connectivity index (χ0v) is 15.0. The Hall–Kier alpha value is -3.35. The van der Waals surface area contributed by atoms with E-state index in [1.54, 1.807) is 20.4 Å². The Balaban J connectivity index is 1.69. The molecule has 7 heteroatoms. The van der Waals surface area contributed by atoms with Gasteiger partial charge in [-0.3, -0.25) is 0 Å². The van der Waals surface area contributed by atoms with E-state index in [1.807, 2.05) is 24.3 Å². The average Bonchev–Trinajstić information content (AvgIpc) is 2.66. The third-order valence-electron chi connectivity index (χ3n) is 3.75. The van der Waals surface area contributed by atoms with E-state index in [1.165, 1.54) is 11.1 Å². The zero-order chi connectivity index (χ0) is 18.4. The number of aryl methyl sites for hydroxylation is 1. The number of benzene rings is 2. The third-order valence-corrected chi connectivity index (χ3v) is 3.75. The number of rotatable bonds is 7. The highest BCUT2D eigenvalue weighted by Crippen LogP contribution is 2.30. The molecule has 1 aromatic heterocycles. The van der Waals surface area contributed by atoms with Crippen LogP contribution in [0, 0.1) is 6.92 Å². The van der Waals surface area contributed by atoms with Gasteiger partial charge in [-0.15, -0.1) is 5.10 Å². The maximum Gasteiger partial charge on any atom is 0.249 e. The number of hydrogen-bond donors (Lipinski definition) is 2. The molecule has 0 aliphatic heterocycles. The Morgan fingerprint density at radius 2 is 1.85 bits per heavy atom. The molecular formula is C19H21N5O2. The van der Waals surface area contributed by atoms with Crippen LogP contribution in [0.5, 0.6) is 11.5 Å². The molecule has 2 aromatic carbocycles. The molecule has 0 amide bonds. The second kappa shape index (κ2) is 8.15. The lowest BCUT2D eigenvalue weighted by Gasteiger charge is -2.11. The summed E-state index contributed by atoms with van der Waals surface area (Å²) in [6, 6.07) is 13.8. The van der Waals surface area contributed by atoms with Gasteiger partial charge in [0.1, 0.15) is 0 Å². The van der Waals surface area contributed by atoms with Crippen LogP contribution in [0.15, 0.2) is 48.7 Å². The molecule has 3 rings (SSSR count). The lowest BCUT2D eigenvalue weighted by atomic mass is 10.1. The standard InChI is InChI=1S/C19H21N5O2/c1-13-5-4-6-14(9-13)11-20-18-12-21-24-19(23-18)22-15-7-8-16(25-2)17(10-15)26-3/h4-10,12H,11H2,1-3H3,(H2,20,22,23,24). The van der Waals surface area contributed by atoms with Crippen LogP contribution < -0.4 is 20.1 Å². The minimum absolute atomic E-state index is 0.395. The highest BCUT2D eigenvalue weighted by atomic mass is 16.5. The average molecular weight is 351 g/mol. The van der Waals surface area contributed by atoms with Gasteiger partial charge in [0.15, 0.2) is 17.3 Å². The molecular weight excluding hydrogens is 330 g/mol. The summed E-state index contributed by atoms with van der Waals surface area (Å²) >= 11 is 0. The van der Waals surface area contributed by atoms with Gasteiger partial charge >= 0.3 is 0 Å². The van der Waals surface area contributed by atoms with Crippen LogP contribution in [0.4, 0.5) is 17.5 Å². The van der Waals surface area contributed by atoms with Crippen molar-refractivity contribution in [2.75, 3.05) is 24.9 Å². The maximum absolute atomic E-state index is 5.30. The van der Waals surface area contributed by atoms with E-state index in [4.69, 9.17) is 9.47 Å². The highest BCUT2D eigenvalue weighted by Gasteiger charge is 2.07. The minimum atomic E-state index is 0.395. The molecule has 0 saturated heterocycles. The summed E-state index contributed by atoms with van der Waals surface area (Å²) in [5.74, 6) is 2.32. The fraction of sp³-hybridized carbons (Fsp3) is 0.211. The molecule has 0 spiro atoms. The molecule has 0 aliphatic carbocycles.